The molecule has 12 aromatic carbocycles. The van der Waals surface area contributed by atoms with Gasteiger partial charge >= 0.3 is 0 Å². The molecule has 3 nitrogen and oxygen atoms in total. The van der Waals surface area contributed by atoms with E-state index in [-0.39, 0.29) is 0 Å². The van der Waals surface area contributed by atoms with E-state index in [1.165, 1.54) is 60.5 Å². The Balaban J connectivity index is 0.872. The average Bonchev–Trinajstić information content (AvgIpc) is 4.02. The predicted molar refractivity (Wildman–Crippen MR) is 307 cm³/mol. The number of nitrogens with zero attached hydrogens (tertiary/aromatic N) is 2. The summed E-state index contributed by atoms with van der Waals surface area (Å²) in [7, 11) is 0. The smallest absolute Gasteiger partial charge is 0.137 e. The molecule has 0 radical (unpaired) electrons. The molecule has 0 atom stereocenters. The fourth-order valence-corrected chi connectivity index (χ4v) is 11.2. The van der Waals surface area contributed by atoms with Gasteiger partial charge in [0.2, 0.25) is 0 Å². The minimum absolute atomic E-state index is 0.882. The molecular formula is C70H46N2O. The summed E-state index contributed by atoms with van der Waals surface area (Å²) in [6.07, 6.45) is 0. The molecule has 0 N–H and O–H groups in total. The van der Waals surface area contributed by atoms with Crippen molar-refractivity contribution in [3.63, 3.8) is 0 Å². The average molecular weight is 931 g/mol. The van der Waals surface area contributed by atoms with E-state index >= 15 is 0 Å². The van der Waals surface area contributed by atoms with E-state index in [2.05, 4.69) is 282 Å². The van der Waals surface area contributed by atoms with Gasteiger partial charge in [-0.05, 0) is 128 Å². The highest BCUT2D eigenvalue weighted by molar-refractivity contribution is 6.18. The normalized spacial score (nSPS) is 11.6. The third kappa shape index (κ3) is 7.29. The first-order valence-electron chi connectivity index (χ1n) is 25.0. The third-order valence-corrected chi connectivity index (χ3v) is 14.6. The van der Waals surface area contributed by atoms with Crippen LogP contribution in [0.4, 0.5) is 17.1 Å². The Morgan fingerprint density at radius 2 is 0.781 bits per heavy atom. The van der Waals surface area contributed by atoms with Gasteiger partial charge in [0.25, 0.3) is 0 Å². The van der Waals surface area contributed by atoms with E-state index in [1.807, 2.05) is 6.07 Å². The molecule has 0 spiro atoms. The van der Waals surface area contributed by atoms with Crippen LogP contribution in [0.25, 0.3) is 116 Å². The molecule has 3 heteroatoms. The maximum atomic E-state index is 6.40. The lowest BCUT2D eigenvalue weighted by Crippen LogP contribution is -2.11. The van der Waals surface area contributed by atoms with Gasteiger partial charge in [-0.3, -0.25) is 0 Å². The minimum atomic E-state index is 0.882. The Morgan fingerprint density at radius 3 is 1.56 bits per heavy atom. The molecule has 342 valence electrons. The molecule has 0 unspecified atom stereocenters. The summed E-state index contributed by atoms with van der Waals surface area (Å²) in [5.74, 6) is 0. The van der Waals surface area contributed by atoms with Crippen molar-refractivity contribution in [3.05, 3.63) is 279 Å². The summed E-state index contributed by atoms with van der Waals surface area (Å²) >= 11 is 0. The maximum absolute atomic E-state index is 6.40. The van der Waals surface area contributed by atoms with Gasteiger partial charge in [0.15, 0.2) is 0 Å². The number of hydrogen-bond acceptors (Lipinski definition) is 2. The molecule has 2 heterocycles. The van der Waals surface area contributed by atoms with E-state index in [0.717, 1.165) is 72.4 Å². The van der Waals surface area contributed by atoms with Gasteiger partial charge in [-0.1, -0.05) is 212 Å². The zero-order valence-electron chi connectivity index (χ0n) is 39.9. The van der Waals surface area contributed by atoms with Crippen molar-refractivity contribution in [1.29, 1.82) is 0 Å². The second kappa shape index (κ2) is 17.6. The summed E-state index contributed by atoms with van der Waals surface area (Å²) in [5.41, 5.74) is 20.2. The van der Waals surface area contributed by atoms with Gasteiger partial charge in [-0.2, -0.15) is 0 Å². The molecule has 2 aromatic heterocycles. The second-order valence-electron chi connectivity index (χ2n) is 18.8. The Hall–Kier alpha value is -9.70. The number of para-hydroxylation sites is 3. The first-order chi connectivity index (χ1) is 36.2. The highest BCUT2D eigenvalue weighted by atomic mass is 16.3. The maximum Gasteiger partial charge on any atom is 0.137 e. The second-order valence-corrected chi connectivity index (χ2v) is 18.8. The summed E-state index contributed by atoms with van der Waals surface area (Å²) < 4.78 is 8.82. The van der Waals surface area contributed by atoms with Crippen LogP contribution < -0.4 is 4.90 Å². The fraction of sp³-hybridized carbons (Fsp3) is 0. The van der Waals surface area contributed by atoms with Crippen LogP contribution in [-0.2, 0) is 0 Å². The van der Waals surface area contributed by atoms with Crippen LogP contribution in [0.5, 0.6) is 0 Å². The van der Waals surface area contributed by atoms with Gasteiger partial charge in [0.05, 0.1) is 27.8 Å². The highest BCUT2D eigenvalue weighted by Crippen LogP contribution is 2.45. The van der Waals surface area contributed by atoms with Gasteiger partial charge in [-0.25, -0.2) is 0 Å². The predicted octanol–water partition coefficient (Wildman–Crippen LogP) is 19.6. The molecule has 0 amide bonds. The van der Waals surface area contributed by atoms with Gasteiger partial charge < -0.3 is 13.9 Å². The summed E-state index contributed by atoms with van der Waals surface area (Å²) in [6.45, 7) is 0. The van der Waals surface area contributed by atoms with Crippen molar-refractivity contribution in [2.75, 3.05) is 4.90 Å². The van der Waals surface area contributed by atoms with Gasteiger partial charge in [0, 0.05) is 33.1 Å². The van der Waals surface area contributed by atoms with Crippen LogP contribution in [0.1, 0.15) is 0 Å². The van der Waals surface area contributed by atoms with Crippen molar-refractivity contribution < 1.29 is 4.42 Å². The number of anilines is 3. The lowest BCUT2D eigenvalue weighted by Gasteiger charge is -2.28. The summed E-state index contributed by atoms with van der Waals surface area (Å²) in [5, 5.41) is 7.17. The van der Waals surface area contributed by atoms with E-state index in [1.54, 1.807) is 0 Å². The molecule has 73 heavy (non-hydrogen) atoms. The van der Waals surface area contributed by atoms with Crippen molar-refractivity contribution in [1.82, 2.24) is 4.57 Å². The first kappa shape index (κ1) is 42.2. The summed E-state index contributed by atoms with van der Waals surface area (Å²) in [6, 6.07) is 101. The molecule has 0 aliphatic heterocycles. The third-order valence-electron chi connectivity index (χ3n) is 14.6. The van der Waals surface area contributed by atoms with E-state index in [0.29, 0.717) is 0 Å². The number of benzene rings is 12. The molecule has 0 saturated carbocycles. The Morgan fingerprint density at radius 1 is 0.288 bits per heavy atom. The number of rotatable bonds is 9. The Bertz CT molecular complexity index is 4350. The van der Waals surface area contributed by atoms with E-state index in [9.17, 15) is 0 Å². The van der Waals surface area contributed by atoms with Crippen molar-refractivity contribution >= 4 is 71.6 Å². The standard InChI is InChI=1S/C70H46N2O/c1-2-16-47(17-3-1)49-38-42-55(43-39-49)71(56-44-40-50(41-45-56)48-34-36-52(37-35-48)58-26-13-19-51-18-4-5-22-57(51)58)63-28-9-6-23-59(63)53-20-12-21-54(46-53)60-27-14-30-65-69(60)61-24-7-10-29-64(61)72(65)66-31-15-33-68-70(66)62-25-8-11-32-67(62)73-68/h1-46H. The number of hydrogen-bond donors (Lipinski definition) is 0. The molecule has 14 rings (SSSR count). The quantitative estimate of drug-likeness (QED) is 0.144. The Kier molecular flexibility index (Phi) is 10.2. The number of fused-ring (bicyclic) bond motifs is 7. The molecule has 14 aromatic rings. The van der Waals surface area contributed by atoms with Crippen molar-refractivity contribution in [2.24, 2.45) is 0 Å². The van der Waals surface area contributed by atoms with Crippen LogP contribution in [0.2, 0.25) is 0 Å². The molecule has 0 bridgehead atoms. The molecule has 0 aliphatic rings. The van der Waals surface area contributed by atoms with Crippen LogP contribution in [0.3, 0.4) is 0 Å². The van der Waals surface area contributed by atoms with Crippen LogP contribution in [0.15, 0.2) is 283 Å². The number of aromatic nitrogens is 1. The largest absolute Gasteiger partial charge is 0.456 e. The zero-order chi connectivity index (χ0) is 48.2. The lowest BCUT2D eigenvalue weighted by atomic mass is 9.94. The van der Waals surface area contributed by atoms with E-state index < -0.39 is 0 Å². The van der Waals surface area contributed by atoms with Crippen LogP contribution in [0, 0.1) is 0 Å². The molecule has 0 saturated heterocycles. The summed E-state index contributed by atoms with van der Waals surface area (Å²) in [4.78, 5) is 2.40. The van der Waals surface area contributed by atoms with Crippen molar-refractivity contribution in [2.45, 2.75) is 0 Å². The first-order valence-corrected chi connectivity index (χ1v) is 25.0. The number of furan rings is 1. The minimum Gasteiger partial charge on any atom is -0.456 e. The highest BCUT2D eigenvalue weighted by Gasteiger charge is 2.22. The molecule has 0 fully saturated rings. The fourth-order valence-electron chi connectivity index (χ4n) is 11.2. The lowest BCUT2D eigenvalue weighted by molar-refractivity contribution is 0.669. The van der Waals surface area contributed by atoms with E-state index in [4.69, 9.17) is 4.42 Å². The van der Waals surface area contributed by atoms with Crippen LogP contribution in [-0.4, -0.2) is 4.57 Å². The van der Waals surface area contributed by atoms with Gasteiger partial charge in [0.1, 0.15) is 11.2 Å². The molecular weight excluding hydrogens is 885 g/mol. The van der Waals surface area contributed by atoms with Crippen molar-refractivity contribution in [3.8, 4) is 61.3 Å². The van der Waals surface area contributed by atoms with Crippen LogP contribution >= 0.6 is 0 Å². The monoisotopic (exact) mass is 930 g/mol. The topological polar surface area (TPSA) is 21.3 Å². The SMILES string of the molecule is c1ccc(-c2ccc(N(c3ccc(-c4ccc(-c5cccc6ccccc56)cc4)cc3)c3ccccc3-c3cccc(-c4cccc5c4c4ccccc4n5-c4cccc5oc6ccccc6c45)c3)cc2)cc1. The molecule has 0 aliphatic carbocycles. The Labute approximate surface area is 423 Å². The zero-order valence-corrected chi connectivity index (χ0v) is 39.9. The van der Waals surface area contributed by atoms with Gasteiger partial charge in [-0.15, -0.1) is 0 Å².